The molecule has 0 aliphatic rings. The summed E-state index contributed by atoms with van der Waals surface area (Å²) in [5, 5.41) is 0. The van der Waals surface area contributed by atoms with E-state index in [4.69, 9.17) is 14.2 Å². The van der Waals surface area contributed by atoms with Crippen molar-refractivity contribution in [3.63, 3.8) is 0 Å². The standard InChI is InChI=1S/C26H26F2N4O3/c1-5-34-17(3)32-14-22(31-26(32)18-6-9-25(28)30-13-18)20-8-7-19(11-24(20)33-4)35-15-23-21(27)10-16(2)12-29-23/h6-14,17H,5,15H2,1-4H3/p+1. The molecule has 1 N–H and O–H groups in total. The van der Waals surface area contributed by atoms with Crippen LogP contribution in [0.5, 0.6) is 11.5 Å². The molecule has 0 amide bonds. The van der Waals surface area contributed by atoms with Crippen LogP contribution < -0.4 is 14.0 Å². The fraction of sp³-hybridized carbons (Fsp3) is 0.269. The summed E-state index contributed by atoms with van der Waals surface area (Å²) in [6, 6.07) is 9.75. The fourth-order valence-corrected chi connectivity index (χ4v) is 3.71. The van der Waals surface area contributed by atoms with Crippen molar-refractivity contribution in [3.05, 3.63) is 78.0 Å². The zero-order valence-corrected chi connectivity index (χ0v) is 20.0. The monoisotopic (exact) mass is 481 g/mol. The molecular weight excluding hydrogens is 454 g/mol. The van der Waals surface area contributed by atoms with E-state index in [0.717, 1.165) is 16.8 Å². The third-order valence-corrected chi connectivity index (χ3v) is 5.47. The third kappa shape index (κ3) is 5.46. The molecule has 4 rings (SSSR count). The number of H-pyrrole nitrogens is 1. The summed E-state index contributed by atoms with van der Waals surface area (Å²) in [5.41, 5.74) is 3.21. The predicted octanol–water partition coefficient (Wildman–Crippen LogP) is 5.16. The summed E-state index contributed by atoms with van der Waals surface area (Å²) >= 11 is 0. The van der Waals surface area contributed by atoms with Gasteiger partial charge < -0.3 is 14.2 Å². The van der Waals surface area contributed by atoms with Crippen molar-refractivity contribution < 1.29 is 27.6 Å². The molecule has 1 atom stereocenters. The van der Waals surface area contributed by atoms with Crippen LogP contribution in [0.2, 0.25) is 0 Å². The summed E-state index contributed by atoms with van der Waals surface area (Å²) in [4.78, 5) is 11.2. The van der Waals surface area contributed by atoms with Crippen LogP contribution in [-0.2, 0) is 11.3 Å². The minimum Gasteiger partial charge on any atom is -0.496 e. The van der Waals surface area contributed by atoms with Gasteiger partial charge in [-0.2, -0.15) is 4.39 Å². The summed E-state index contributed by atoms with van der Waals surface area (Å²) in [7, 11) is 1.56. The second-order valence-electron chi connectivity index (χ2n) is 7.94. The van der Waals surface area contributed by atoms with Crippen molar-refractivity contribution >= 4 is 0 Å². The van der Waals surface area contributed by atoms with Gasteiger partial charge in [0.2, 0.25) is 5.95 Å². The molecule has 0 bridgehead atoms. The number of benzene rings is 1. The van der Waals surface area contributed by atoms with Crippen LogP contribution >= 0.6 is 0 Å². The quantitative estimate of drug-likeness (QED) is 0.264. The van der Waals surface area contributed by atoms with Crippen molar-refractivity contribution in [2.75, 3.05) is 13.7 Å². The van der Waals surface area contributed by atoms with Crippen LogP contribution in [0.3, 0.4) is 0 Å². The van der Waals surface area contributed by atoms with E-state index in [0.29, 0.717) is 29.5 Å². The summed E-state index contributed by atoms with van der Waals surface area (Å²) in [6.07, 6.45) is 4.69. The van der Waals surface area contributed by atoms with Crippen molar-refractivity contribution in [1.29, 1.82) is 0 Å². The van der Waals surface area contributed by atoms with E-state index in [1.807, 2.05) is 30.7 Å². The van der Waals surface area contributed by atoms with E-state index in [-0.39, 0.29) is 18.5 Å². The number of hydrogen-bond acceptors (Lipinski definition) is 5. The molecule has 0 spiro atoms. The molecule has 4 aromatic rings. The fourth-order valence-electron chi connectivity index (χ4n) is 3.71. The Morgan fingerprint density at radius 1 is 1.09 bits per heavy atom. The Bertz CT molecular complexity index is 1310. The van der Waals surface area contributed by atoms with Gasteiger partial charge in [-0.05, 0) is 49.7 Å². The lowest BCUT2D eigenvalue weighted by Crippen LogP contribution is -2.39. The molecule has 0 saturated heterocycles. The van der Waals surface area contributed by atoms with Gasteiger partial charge in [0, 0.05) is 32.0 Å². The molecule has 1 unspecified atom stereocenters. The van der Waals surface area contributed by atoms with Gasteiger partial charge in [0.15, 0.2) is 11.9 Å². The number of aryl methyl sites for hydroxylation is 1. The van der Waals surface area contributed by atoms with Gasteiger partial charge in [0.25, 0.3) is 5.82 Å². The summed E-state index contributed by atoms with van der Waals surface area (Å²) < 4.78 is 46.6. The normalized spacial score (nSPS) is 11.9. The van der Waals surface area contributed by atoms with E-state index in [1.54, 1.807) is 38.4 Å². The van der Waals surface area contributed by atoms with Crippen LogP contribution in [0, 0.1) is 18.7 Å². The van der Waals surface area contributed by atoms with Crippen LogP contribution in [0.25, 0.3) is 22.6 Å². The number of hydrogen-bond donors (Lipinski definition) is 1. The van der Waals surface area contributed by atoms with Crippen LogP contribution in [-0.4, -0.2) is 28.7 Å². The van der Waals surface area contributed by atoms with E-state index in [9.17, 15) is 8.78 Å². The number of rotatable bonds is 9. The highest BCUT2D eigenvalue weighted by atomic mass is 19.1. The van der Waals surface area contributed by atoms with Crippen molar-refractivity contribution in [1.82, 2.24) is 15.0 Å². The van der Waals surface area contributed by atoms with Gasteiger partial charge in [-0.3, -0.25) is 4.98 Å². The van der Waals surface area contributed by atoms with Gasteiger partial charge in [-0.1, -0.05) is 0 Å². The van der Waals surface area contributed by atoms with Crippen molar-refractivity contribution in [2.24, 2.45) is 0 Å². The van der Waals surface area contributed by atoms with Crippen LogP contribution in [0.15, 0.2) is 55.0 Å². The first-order valence-corrected chi connectivity index (χ1v) is 11.2. The van der Waals surface area contributed by atoms with Crippen LogP contribution in [0.1, 0.15) is 31.3 Å². The lowest BCUT2D eigenvalue weighted by atomic mass is 10.1. The zero-order valence-electron chi connectivity index (χ0n) is 20.0. The Hall–Kier alpha value is -3.85. The lowest BCUT2D eigenvalue weighted by molar-refractivity contribution is -0.747. The highest BCUT2D eigenvalue weighted by Gasteiger charge is 2.25. The summed E-state index contributed by atoms with van der Waals surface area (Å²) in [5.74, 6) is 0.814. The molecule has 0 aliphatic carbocycles. The number of imidazole rings is 1. The Balaban J connectivity index is 1.65. The molecule has 35 heavy (non-hydrogen) atoms. The van der Waals surface area contributed by atoms with Crippen molar-refractivity contribution in [2.45, 2.75) is 33.6 Å². The Morgan fingerprint density at radius 3 is 2.60 bits per heavy atom. The average molecular weight is 482 g/mol. The molecule has 1 aromatic carbocycles. The average Bonchev–Trinajstić information content (AvgIpc) is 3.29. The number of nitrogens with zero attached hydrogens (tertiary/aromatic N) is 3. The molecule has 3 aromatic heterocycles. The first-order chi connectivity index (χ1) is 16.9. The number of pyridine rings is 2. The van der Waals surface area contributed by atoms with E-state index < -0.39 is 11.8 Å². The second kappa shape index (κ2) is 10.6. The number of halogens is 2. The van der Waals surface area contributed by atoms with Gasteiger partial charge in [-0.15, -0.1) is 0 Å². The maximum atomic E-state index is 14.1. The molecule has 9 heteroatoms. The predicted molar refractivity (Wildman–Crippen MR) is 126 cm³/mol. The summed E-state index contributed by atoms with van der Waals surface area (Å²) in [6.45, 7) is 6.14. The highest BCUT2D eigenvalue weighted by molar-refractivity contribution is 5.69. The van der Waals surface area contributed by atoms with E-state index >= 15 is 0 Å². The smallest absolute Gasteiger partial charge is 0.290 e. The van der Waals surface area contributed by atoms with E-state index in [1.165, 1.54) is 18.3 Å². The minimum absolute atomic E-state index is 0.00922. The third-order valence-electron chi connectivity index (χ3n) is 5.47. The second-order valence-corrected chi connectivity index (χ2v) is 7.94. The number of methoxy groups -OCH3 is 1. The maximum absolute atomic E-state index is 14.1. The zero-order chi connectivity index (χ0) is 24.9. The molecule has 0 aliphatic heterocycles. The van der Waals surface area contributed by atoms with Gasteiger partial charge in [-0.25, -0.2) is 18.9 Å². The largest absolute Gasteiger partial charge is 0.496 e. The molecule has 0 fully saturated rings. The first-order valence-electron chi connectivity index (χ1n) is 11.2. The number of nitrogens with one attached hydrogen (secondary N) is 1. The van der Waals surface area contributed by atoms with E-state index in [2.05, 4.69) is 15.0 Å². The Labute approximate surface area is 202 Å². The Morgan fingerprint density at radius 2 is 1.91 bits per heavy atom. The minimum atomic E-state index is -0.553. The maximum Gasteiger partial charge on any atom is 0.290 e. The molecular formula is C26H27F2N4O3+. The molecule has 0 saturated carbocycles. The number of aromatic amines is 1. The number of ether oxygens (including phenoxy) is 3. The Kier molecular flexibility index (Phi) is 7.36. The number of aromatic nitrogens is 4. The van der Waals surface area contributed by atoms with Gasteiger partial charge in [0.05, 0.1) is 18.2 Å². The van der Waals surface area contributed by atoms with Crippen LogP contribution in [0.4, 0.5) is 8.78 Å². The molecule has 3 heterocycles. The molecule has 182 valence electrons. The topological polar surface area (TPSA) is 73.1 Å². The van der Waals surface area contributed by atoms with Crippen molar-refractivity contribution in [3.8, 4) is 34.1 Å². The lowest BCUT2D eigenvalue weighted by Gasteiger charge is -2.10. The van der Waals surface area contributed by atoms with Gasteiger partial charge in [0.1, 0.15) is 35.8 Å². The first kappa shape index (κ1) is 24.3. The molecule has 7 nitrogen and oxygen atoms in total. The van der Waals surface area contributed by atoms with Gasteiger partial charge >= 0.3 is 0 Å². The highest BCUT2D eigenvalue weighted by Crippen LogP contribution is 2.33. The SMILES string of the molecule is CCOC(C)[n+]1cc(-c2ccc(OCc3ncc(C)cc3F)cc2OC)[nH]c1-c1ccc(F)nc1. The molecule has 0 radical (unpaired) electrons.